The van der Waals surface area contributed by atoms with Gasteiger partial charge >= 0.3 is 8.60 Å². The van der Waals surface area contributed by atoms with Crippen LogP contribution in [-0.4, -0.2) is 0 Å². The second kappa shape index (κ2) is 10.8. The number of rotatable bonds is 8. The van der Waals surface area contributed by atoms with E-state index in [0.717, 1.165) is 24.0 Å². The molecule has 0 aliphatic carbocycles. The fraction of sp³-hybridized carbons (Fsp3) is 0.600. The number of halogens is 1. The van der Waals surface area contributed by atoms with Gasteiger partial charge in [0, 0.05) is 11.1 Å². The van der Waals surface area contributed by atoms with E-state index in [0.29, 0.717) is 11.5 Å². The van der Waals surface area contributed by atoms with Gasteiger partial charge in [0.2, 0.25) is 0 Å². The maximum atomic E-state index is 13.8. The molecule has 2 rings (SSSR count). The highest BCUT2D eigenvalue weighted by atomic mass is 31.2. The van der Waals surface area contributed by atoms with Crippen molar-refractivity contribution < 1.29 is 18.3 Å². The van der Waals surface area contributed by atoms with Crippen LogP contribution in [0, 0.1) is 0 Å². The smallest absolute Gasteiger partial charge is 0.416 e. The van der Waals surface area contributed by atoms with Crippen molar-refractivity contribution in [2.45, 2.75) is 118 Å². The summed E-state index contributed by atoms with van der Waals surface area (Å²) in [5.41, 5.74) is 4.08. The fourth-order valence-electron chi connectivity index (χ4n) is 4.26. The average molecular weight is 505 g/mol. The monoisotopic (exact) mass is 504 g/mol. The number of benzene rings is 2. The molecule has 5 heteroatoms. The Morgan fingerprint density at radius 3 is 1.46 bits per heavy atom. The molecule has 0 radical (unpaired) electrons. The van der Waals surface area contributed by atoms with E-state index in [1.54, 1.807) is 0 Å². The van der Waals surface area contributed by atoms with E-state index >= 15 is 0 Å². The highest BCUT2D eigenvalue weighted by Gasteiger charge is 2.30. The van der Waals surface area contributed by atoms with E-state index in [9.17, 15) is 4.53 Å². The molecule has 0 amide bonds. The molecule has 0 bridgehead atoms. The van der Waals surface area contributed by atoms with Crippen molar-refractivity contribution in [3.63, 3.8) is 0 Å². The number of hydrogen-bond acceptors (Lipinski definition) is 3. The van der Waals surface area contributed by atoms with E-state index < -0.39 is 8.60 Å². The van der Waals surface area contributed by atoms with Crippen molar-refractivity contribution in [1.82, 2.24) is 0 Å². The van der Waals surface area contributed by atoms with Gasteiger partial charge in [-0.15, -0.1) is 0 Å². The molecule has 35 heavy (non-hydrogen) atoms. The van der Waals surface area contributed by atoms with Gasteiger partial charge in [0.25, 0.3) is 0 Å². The third kappa shape index (κ3) is 7.67. The summed E-state index contributed by atoms with van der Waals surface area (Å²) in [4.78, 5) is 0. The molecular weight excluding hydrogens is 458 g/mol. The van der Waals surface area contributed by atoms with Gasteiger partial charge in [-0.2, -0.15) is 0 Å². The van der Waals surface area contributed by atoms with Crippen LogP contribution in [-0.2, 0) is 26.4 Å². The highest BCUT2D eigenvalue weighted by molar-refractivity contribution is 7.42. The summed E-state index contributed by atoms with van der Waals surface area (Å²) in [5.74, 6) is 1.16. The zero-order chi connectivity index (χ0) is 26.8. The lowest BCUT2D eigenvalue weighted by Gasteiger charge is -2.30. The summed E-state index contributed by atoms with van der Waals surface area (Å²) in [6.45, 7) is 26.0. The molecule has 1 unspecified atom stereocenters. The second-order valence-corrected chi connectivity index (χ2v) is 14.2. The third-order valence-corrected chi connectivity index (χ3v) is 7.30. The standard InChI is InChI=1S/C30H46FO3P/c1-13-18-30(11,12)22-15-17-26(24(20-22)29(8,9)10)33-35(34-31)32-25-16-14-21(27(2,3)4)19-23(25)28(5,6)7/h14-17,19-20H,13,18H2,1-12H3. The van der Waals surface area contributed by atoms with Crippen LogP contribution in [0.3, 0.4) is 0 Å². The van der Waals surface area contributed by atoms with Gasteiger partial charge in [-0.1, -0.05) is 118 Å². The molecule has 0 spiro atoms. The van der Waals surface area contributed by atoms with Crippen LogP contribution in [0.15, 0.2) is 36.4 Å². The largest absolute Gasteiger partial charge is 0.497 e. The first-order valence-electron chi connectivity index (χ1n) is 12.6. The molecule has 0 aliphatic heterocycles. The van der Waals surface area contributed by atoms with Crippen LogP contribution < -0.4 is 9.05 Å². The Labute approximate surface area is 214 Å². The van der Waals surface area contributed by atoms with E-state index in [1.807, 2.05) is 18.2 Å². The Hall–Kier alpha value is -1.64. The second-order valence-electron chi connectivity index (χ2n) is 13.3. The molecule has 0 aliphatic rings. The molecular formula is C30H46FO3P. The predicted octanol–water partition coefficient (Wildman–Crippen LogP) is 10.2. The van der Waals surface area contributed by atoms with Crippen LogP contribution in [0.25, 0.3) is 0 Å². The van der Waals surface area contributed by atoms with Crippen molar-refractivity contribution in [1.29, 1.82) is 0 Å². The van der Waals surface area contributed by atoms with Crippen molar-refractivity contribution in [2.75, 3.05) is 0 Å². The Balaban J connectivity index is 2.45. The zero-order valence-corrected chi connectivity index (χ0v) is 24.8. The van der Waals surface area contributed by atoms with Crippen LogP contribution in [0.1, 0.15) is 118 Å². The molecule has 0 saturated carbocycles. The first-order valence-corrected chi connectivity index (χ1v) is 13.7. The normalized spacial score (nSPS) is 14.1. The zero-order valence-electron chi connectivity index (χ0n) is 23.9. The molecule has 2 aromatic carbocycles. The topological polar surface area (TPSA) is 27.7 Å². The summed E-state index contributed by atoms with van der Waals surface area (Å²) < 4.78 is 30.2. The first-order chi connectivity index (χ1) is 15.9. The minimum atomic E-state index is -2.29. The third-order valence-electron chi connectivity index (χ3n) is 6.50. The minimum absolute atomic E-state index is 0.00867. The highest BCUT2D eigenvalue weighted by Crippen LogP contribution is 2.48. The lowest BCUT2D eigenvalue weighted by molar-refractivity contribution is -0.0159. The molecule has 0 aromatic heterocycles. The van der Waals surface area contributed by atoms with E-state index in [1.165, 1.54) is 11.1 Å². The van der Waals surface area contributed by atoms with Crippen molar-refractivity contribution in [3.8, 4) is 11.5 Å². The van der Waals surface area contributed by atoms with E-state index in [4.69, 9.17) is 9.05 Å². The molecule has 0 saturated heterocycles. The Kier molecular flexibility index (Phi) is 9.10. The van der Waals surface area contributed by atoms with E-state index in [2.05, 4.69) is 106 Å². The van der Waals surface area contributed by atoms with Crippen molar-refractivity contribution in [2.24, 2.45) is 0 Å². The number of hydrogen-bond donors (Lipinski definition) is 0. The van der Waals surface area contributed by atoms with Crippen molar-refractivity contribution >= 4 is 8.60 Å². The summed E-state index contributed by atoms with van der Waals surface area (Å²) in [6, 6.07) is 12.3. The van der Waals surface area contributed by atoms with Gasteiger partial charge in [0.05, 0.1) is 0 Å². The maximum absolute atomic E-state index is 13.8. The summed E-state index contributed by atoms with van der Waals surface area (Å²) in [5, 5.41) is 0. The van der Waals surface area contributed by atoms with Crippen molar-refractivity contribution in [3.05, 3.63) is 58.7 Å². The minimum Gasteiger partial charge on any atom is -0.416 e. The maximum Gasteiger partial charge on any atom is 0.497 e. The predicted molar refractivity (Wildman–Crippen MR) is 147 cm³/mol. The van der Waals surface area contributed by atoms with Gasteiger partial charge < -0.3 is 9.05 Å². The molecule has 196 valence electrons. The van der Waals surface area contributed by atoms with Crippen LogP contribution in [0.5, 0.6) is 11.5 Å². The van der Waals surface area contributed by atoms with Crippen LogP contribution in [0.4, 0.5) is 4.53 Å². The molecule has 2 aromatic rings. The van der Waals surface area contributed by atoms with Crippen LogP contribution >= 0.6 is 8.60 Å². The Morgan fingerprint density at radius 2 is 1.09 bits per heavy atom. The molecule has 0 heterocycles. The van der Waals surface area contributed by atoms with Gasteiger partial charge in [-0.3, -0.25) is 0 Å². The Bertz CT molecular complexity index is 994. The average Bonchev–Trinajstić information content (AvgIpc) is 2.71. The quantitative estimate of drug-likeness (QED) is 0.335. The summed E-state index contributed by atoms with van der Waals surface area (Å²) in [7, 11) is -2.29. The van der Waals surface area contributed by atoms with Gasteiger partial charge in [-0.05, 0) is 55.9 Å². The van der Waals surface area contributed by atoms with Crippen LogP contribution in [0.2, 0.25) is 0 Å². The van der Waals surface area contributed by atoms with Gasteiger partial charge in [-0.25, -0.2) is 0 Å². The SMILES string of the molecule is CCCC(C)(C)c1ccc(OP(OF)Oc2ccc(C(C)(C)C)cc2C(C)(C)C)c(C(C)(C)C)c1. The molecule has 3 nitrogen and oxygen atoms in total. The van der Waals surface area contributed by atoms with Gasteiger partial charge in [0.15, 0.2) is 0 Å². The molecule has 1 atom stereocenters. The lowest BCUT2D eigenvalue weighted by atomic mass is 9.77. The molecule has 0 N–H and O–H groups in total. The Morgan fingerprint density at radius 1 is 0.657 bits per heavy atom. The van der Waals surface area contributed by atoms with E-state index in [-0.39, 0.29) is 21.7 Å². The van der Waals surface area contributed by atoms with Gasteiger partial charge in [0.1, 0.15) is 11.5 Å². The first kappa shape index (κ1) is 29.6. The summed E-state index contributed by atoms with van der Waals surface area (Å²) >= 11 is 0. The fourth-order valence-corrected chi connectivity index (χ4v) is 4.99. The molecule has 0 fully saturated rings. The summed E-state index contributed by atoms with van der Waals surface area (Å²) in [6.07, 6.45) is 2.19. The lowest BCUT2D eigenvalue weighted by Crippen LogP contribution is -2.20.